The number of nitrogens with one attached hydrogen (secondary N) is 1. The Bertz CT molecular complexity index is 416. The average molecular weight is 244 g/mol. The van der Waals surface area contributed by atoms with Crippen LogP contribution in [0.25, 0.3) is 0 Å². The Kier molecular flexibility index (Phi) is 4.54. The molecule has 0 saturated heterocycles. The molecule has 1 saturated carbocycles. The van der Waals surface area contributed by atoms with E-state index in [9.17, 15) is 0 Å². The van der Waals surface area contributed by atoms with Gasteiger partial charge in [-0.15, -0.1) is 0 Å². The molecule has 0 aromatic carbocycles. The Morgan fingerprint density at radius 3 is 2.72 bits per heavy atom. The fourth-order valence-corrected chi connectivity index (χ4v) is 2.54. The van der Waals surface area contributed by atoms with Crippen LogP contribution in [0.4, 0.5) is 5.69 Å². The molecule has 1 fully saturated rings. The Hall–Kier alpha value is -1.60. The fourth-order valence-electron chi connectivity index (χ4n) is 2.54. The monoisotopic (exact) mass is 244 g/mol. The maximum absolute atomic E-state index is 8.78. The van der Waals surface area contributed by atoms with Crippen LogP contribution in [-0.4, -0.2) is 18.1 Å². The van der Waals surface area contributed by atoms with E-state index in [1.807, 2.05) is 6.07 Å². The summed E-state index contributed by atoms with van der Waals surface area (Å²) in [5.74, 6) is 1.46. The van der Waals surface area contributed by atoms with Crippen molar-refractivity contribution in [2.45, 2.75) is 25.7 Å². The van der Waals surface area contributed by atoms with Crippen molar-refractivity contribution in [3.63, 3.8) is 0 Å². The van der Waals surface area contributed by atoms with E-state index >= 15 is 0 Å². The van der Waals surface area contributed by atoms with Crippen molar-refractivity contribution in [3.05, 3.63) is 24.0 Å². The van der Waals surface area contributed by atoms with Gasteiger partial charge in [-0.05, 0) is 56.2 Å². The number of pyridine rings is 1. The van der Waals surface area contributed by atoms with Gasteiger partial charge >= 0.3 is 0 Å². The summed E-state index contributed by atoms with van der Waals surface area (Å²) in [5.41, 5.74) is 7.15. The molecule has 2 rings (SSSR count). The predicted octanol–water partition coefficient (Wildman–Crippen LogP) is 2.13. The van der Waals surface area contributed by atoms with Crippen molar-refractivity contribution >= 4 is 5.69 Å². The first kappa shape index (κ1) is 12.8. The minimum absolute atomic E-state index is 0.465. The second-order valence-corrected chi connectivity index (χ2v) is 5.04. The summed E-state index contributed by atoms with van der Waals surface area (Å²) in [5, 5.41) is 12.2. The number of aromatic nitrogens is 1. The molecular weight excluding hydrogens is 224 g/mol. The van der Waals surface area contributed by atoms with Crippen molar-refractivity contribution in [1.29, 1.82) is 5.26 Å². The van der Waals surface area contributed by atoms with Crippen molar-refractivity contribution < 1.29 is 0 Å². The molecule has 1 heterocycles. The molecule has 1 aromatic heterocycles. The molecule has 4 heteroatoms. The Balaban J connectivity index is 1.80. The molecule has 0 radical (unpaired) electrons. The van der Waals surface area contributed by atoms with Gasteiger partial charge in [-0.2, -0.15) is 5.26 Å². The molecule has 0 atom stereocenters. The third-order valence-corrected chi connectivity index (χ3v) is 3.77. The predicted molar refractivity (Wildman–Crippen MR) is 71.9 cm³/mol. The van der Waals surface area contributed by atoms with Crippen molar-refractivity contribution in [3.8, 4) is 6.07 Å². The summed E-state index contributed by atoms with van der Waals surface area (Å²) in [6, 6.07) is 5.76. The van der Waals surface area contributed by atoms with Gasteiger partial charge in [0.1, 0.15) is 11.8 Å². The highest BCUT2D eigenvalue weighted by molar-refractivity contribution is 5.45. The largest absolute Gasteiger partial charge is 0.385 e. The van der Waals surface area contributed by atoms with Gasteiger partial charge in [-0.1, -0.05) is 0 Å². The van der Waals surface area contributed by atoms with Crippen LogP contribution in [0.5, 0.6) is 0 Å². The molecule has 0 bridgehead atoms. The SMILES string of the molecule is N#Cc1cc(NCC2CCC(CN)CC2)ccn1. The van der Waals surface area contributed by atoms with Crippen LogP contribution in [-0.2, 0) is 0 Å². The highest BCUT2D eigenvalue weighted by atomic mass is 14.9. The van der Waals surface area contributed by atoms with Crippen LogP contribution >= 0.6 is 0 Å². The molecular formula is C14H20N4. The van der Waals surface area contributed by atoms with Crippen LogP contribution in [0.15, 0.2) is 18.3 Å². The third-order valence-electron chi connectivity index (χ3n) is 3.77. The Morgan fingerprint density at radius 1 is 1.33 bits per heavy atom. The molecule has 18 heavy (non-hydrogen) atoms. The lowest BCUT2D eigenvalue weighted by atomic mass is 9.82. The van der Waals surface area contributed by atoms with Gasteiger partial charge in [0.15, 0.2) is 0 Å². The van der Waals surface area contributed by atoms with Gasteiger partial charge < -0.3 is 11.1 Å². The fraction of sp³-hybridized carbons (Fsp3) is 0.571. The lowest BCUT2D eigenvalue weighted by Gasteiger charge is -2.27. The summed E-state index contributed by atoms with van der Waals surface area (Å²) >= 11 is 0. The zero-order valence-electron chi connectivity index (χ0n) is 10.6. The molecule has 0 unspecified atom stereocenters. The topological polar surface area (TPSA) is 74.7 Å². The number of nitrogens with two attached hydrogens (primary N) is 1. The number of nitriles is 1. The zero-order valence-corrected chi connectivity index (χ0v) is 10.6. The van der Waals surface area contributed by atoms with Gasteiger partial charge in [-0.25, -0.2) is 4.98 Å². The van der Waals surface area contributed by atoms with Crippen molar-refractivity contribution in [2.24, 2.45) is 17.6 Å². The molecule has 96 valence electrons. The van der Waals surface area contributed by atoms with Gasteiger partial charge in [0, 0.05) is 18.4 Å². The van der Waals surface area contributed by atoms with Gasteiger partial charge in [0.2, 0.25) is 0 Å². The number of hydrogen-bond donors (Lipinski definition) is 2. The summed E-state index contributed by atoms with van der Waals surface area (Å²) < 4.78 is 0. The van der Waals surface area contributed by atoms with Gasteiger partial charge in [0.05, 0.1) is 0 Å². The molecule has 1 aliphatic rings. The van der Waals surface area contributed by atoms with Crippen LogP contribution in [0.1, 0.15) is 31.4 Å². The van der Waals surface area contributed by atoms with Gasteiger partial charge in [0.25, 0.3) is 0 Å². The second kappa shape index (κ2) is 6.36. The standard InChI is InChI=1S/C14H20N4/c15-8-11-1-3-12(4-2-11)10-18-13-5-6-17-14(7-13)9-16/h5-7,11-12H,1-4,8,10,15H2,(H,17,18). The summed E-state index contributed by atoms with van der Waals surface area (Å²) in [7, 11) is 0. The highest BCUT2D eigenvalue weighted by Crippen LogP contribution is 2.28. The summed E-state index contributed by atoms with van der Waals surface area (Å²) in [6.07, 6.45) is 6.69. The zero-order chi connectivity index (χ0) is 12.8. The molecule has 3 N–H and O–H groups in total. The van der Waals surface area contributed by atoms with E-state index in [0.717, 1.165) is 30.6 Å². The van der Waals surface area contributed by atoms with Crippen molar-refractivity contribution in [2.75, 3.05) is 18.4 Å². The number of nitrogens with zero attached hydrogens (tertiary/aromatic N) is 2. The van der Waals surface area contributed by atoms with Crippen LogP contribution in [0, 0.1) is 23.2 Å². The second-order valence-electron chi connectivity index (χ2n) is 5.04. The first-order valence-electron chi connectivity index (χ1n) is 6.62. The first-order valence-corrected chi connectivity index (χ1v) is 6.62. The smallest absolute Gasteiger partial charge is 0.142 e. The van der Waals surface area contributed by atoms with Gasteiger partial charge in [-0.3, -0.25) is 0 Å². The van der Waals surface area contributed by atoms with E-state index in [4.69, 9.17) is 11.0 Å². The number of anilines is 1. The molecule has 1 aromatic rings. The molecule has 0 aliphatic heterocycles. The van der Waals surface area contributed by atoms with Crippen LogP contribution in [0.2, 0.25) is 0 Å². The van der Waals surface area contributed by atoms with Crippen LogP contribution < -0.4 is 11.1 Å². The quantitative estimate of drug-likeness (QED) is 0.850. The number of hydrogen-bond acceptors (Lipinski definition) is 4. The Labute approximate surface area is 108 Å². The molecule has 0 spiro atoms. The first-order chi connectivity index (χ1) is 8.81. The maximum Gasteiger partial charge on any atom is 0.142 e. The molecule has 1 aliphatic carbocycles. The molecule has 0 amide bonds. The maximum atomic E-state index is 8.78. The molecule has 4 nitrogen and oxygen atoms in total. The minimum atomic E-state index is 0.465. The van der Waals surface area contributed by atoms with E-state index in [1.54, 1.807) is 12.3 Å². The minimum Gasteiger partial charge on any atom is -0.385 e. The lowest BCUT2D eigenvalue weighted by molar-refractivity contribution is 0.289. The van der Waals surface area contributed by atoms with Crippen LogP contribution in [0.3, 0.4) is 0 Å². The Morgan fingerprint density at radius 2 is 2.06 bits per heavy atom. The normalized spacial score (nSPS) is 23.3. The van der Waals surface area contributed by atoms with E-state index in [1.165, 1.54) is 25.7 Å². The summed E-state index contributed by atoms with van der Waals surface area (Å²) in [6.45, 7) is 1.81. The van der Waals surface area contributed by atoms with E-state index in [0.29, 0.717) is 5.69 Å². The van der Waals surface area contributed by atoms with Crippen molar-refractivity contribution in [1.82, 2.24) is 4.98 Å². The lowest BCUT2D eigenvalue weighted by Crippen LogP contribution is -2.25. The average Bonchev–Trinajstić information content (AvgIpc) is 2.46. The number of rotatable bonds is 4. The third kappa shape index (κ3) is 3.44. The summed E-state index contributed by atoms with van der Waals surface area (Å²) in [4.78, 5) is 3.96. The van der Waals surface area contributed by atoms with E-state index in [-0.39, 0.29) is 0 Å². The van der Waals surface area contributed by atoms with E-state index in [2.05, 4.69) is 16.4 Å². The van der Waals surface area contributed by atoms with E-state index < -0.39 is 0 Å². The highest BCUT2D eigenvalue weighted by Gasteiger charge is 2.19.